The number of aryl methyl sites for hydroxylation is 1. The van der Waals surface area contributed by atoms with Crippen molar-refractivity contribution >= 4 is 0 Å². The van der Waals surface area contributed by atoms with Crippen molar-refractivity contribution in [1.29, 1.82) is 0 Å². The first-order valence-electron chi connectivity index (χ1n) is 5.14. The third kappa shape index (κ3) is 1.81. The average Bonchev–Trinajstić information content (AvgIpc) is 2.65. The van der Waals surface area contributed by atoms with E-state index < -0.39 is 0 Å². The van der Waals surface area contributed by atoms with E-state index in [-0.39, 0.29) is 12.2 Å². The molecule has 0 saturated carbocycles. The van der Waals surface area contributed by atoms with Crippen molar-refractivity contribution in [2.24, 2.45) is 12.8 Å². The van der Waals surface area contributed by atoms with Gasteiger partial charge in [0.05, 0.1) is 6.10 Å². The van der Waals surface area contributed by atoms with Crippen LogP contribution in [0.3, 0.4) is 0 Å². The molecule has 1 aromatic rings. The van der Waals surface area contributed by atoms with Crippen LogP contribution in [0.25, 0.3) is 0 Å². The summed E-state index contributed by atoms with van der Waals surface area (Å²) in [5, 5.41) is 0. The number of aromatic nitrogens is 2. The van der Waals surface area contributed by atoms with Crippen molar-refractivity contribution in [3.05, 3.63) is 18.2 Å². The van der Waals surface area contributed by atoms with E-state index in [1.165, 1.54) is 6.42 Å². The Bertz CT molecular complexity index is 297. The topological polar surface area (TPSA) is 53.1 Å². The summed E-state index contributed by atoms with van der Waals surface area (Å²) in [6.07, 6.45) is 7.43. The van der Waals surface area contributed by atoms with Gasteiger partial charge in [-0.05, 0) is 19.3 Å². The van der Waals surface area contributed by atoms with Crippen LogP contribution in [0.5, 0.6) is 0 Å². The van der Waals surface area contributed by atoms with Gasteiger partial charge in [-0.1, -0.05) is 0 Å². The Hall–Kier alpha value is -0.870. The molecule has 4 heteroatoms. The van der Waals surface area contributed by atoms with Crippen LogP contribution in [0.4, 0.5) is 0 Å². The Morgan fingerprint density at radius 2 is 2.50 bits per heavy atom. The van der Waals surface area contributed by atoms with Crippen molar-refractivity contribution in [3.63, 3.8) is 0 Å². The smallest absolute Gasteiger partial charge is 0.137 e. The molecule has 0 bridgehead atoms. The largest absolute Gasteiger partial charge is 0.366 e. The molecule has 1 aromatic heterocycles. The van der Waals surface area contributed by atoms with E-state index in [9.17, 15) is 0 Å². The fourth-order valence-electron chi connectivity index (χ4n) is 1.95. The van der Waals surface area contributed by atoms with Crippen molar-refractivity contribution in [1.82, 2.24) is 9.55 Å². The molecule has 1 fully saturated rings. The normalized spacial score (nSPS) is 27.9. The molecule has 0 radical (unpaired) electrons. The fraction of sp³-hybridized carbons (Fsp3) is 0.700. The lowest BCUT2D eigenvalue weighted by Gasteiger charge is -2.28. The van der Waals surface area contributed by atoms with Gasteiger partial charge in [0.15, 0.2) is 0 Å². The van der Waals surface area contributed by atoms with Gasteiger partial charge in [-0.25, -0.2) is 4.98 Å². The minimum absolute atomic E-state index is 0.136. The second-order valence-corrected chi connectivity index (χ2v) is 3.81. The molecule has 1 saturated heterocycles. The highest BCUT2D eigenvalue weighted by Gasteiger charge is 2.25. The molecule has 2 N–H and O–H groups in total. The number of hydrogen-bond acceptors (Lipinski definition) is 3. The summed E-state index contributed by atoms with van der Waals surface area (Å²) in [4.78, 5) is 4.31. The SMILES string of the molecule is Cn1ccnc1C1CCCC(CN)O1. The summed E-state index contributed by atoms with van der Waals surface area (Å²) in [5.41, 5.74) is 5.60. The number of nitrogens with two attached hydrogens (primary N) is 1. The molecular formula is C10H17N3O. The van der Waals surface area contributed by atoms with Crippen molar-refractivity contribution in [2.45, 2.75) is 31.5 Å². The van der Waals surface area contributed by atoms with Gasteiger partial charge in [-0.2, -0.15) is 0 Å². The van der Waals surface area contributed by atoms with Gasteiger partial charge in [-0.15, -0.1) is 0 Å². The highest BCUT2D eigenvalue weighted by molar-refractivity contribution is 4.97. The summed E-state index contributed by atoms with van der Waals surface area (Å²) >= 11 is 0. The number of hydrogen-bond donors (Lipinski definition) is 1. The minimum atomic E-state index is 0.136. The van der Waals surface area contributed by atoms with Crippen LogP contribution in [0.15, 0.2) is 12.4 Å². The van der Waals surface area contributed by atoms with Gasteiger partial charge in [0.25, 0.3) is 0 Å². The zero-order chi connectivity index (χ0) is 9.97. The first kappa shape index (κ1) is 9.68. The molecule has 1 aliphatic heterocycles. The standard InChI is InChI=1S/C10H17N3O/c1-13-6-5-12-10(13)9-4-2-3-8(7-11)14-9/h5-6,8-9H,2-4,7,11H2,1H3. The Morgan fingerprint density at radius 3 is 3.14 bits per heavy atom. The van der Waals surface area contributed by atoms with E-state index in [1.54, 1.807) is 0 Å². The van der Waals surface area contributed by atoms with Crippen LogP contribution in [-0.4, -0.2) is 22.2 Å². The molecule has 78 valence electrons. The van der Waals surface area contributed by atoms with Gasteiger partial charge < -0.3 is 15.0 Å². The van der Waals surface area contributed by atoms with E-state index in [1.807, 2.05) is 24.0 Å². The molecule has 2 heterocycles. The maximum Gasteiger partial charge on any atom is 0.137 e. The van der Waals surface area contributed by atoms with Crippen LogP contribution >= 0.6 is 0 Å². The number of nitrogens with zero attached hydrogens (tertiary/aromatic N) is 2. The summed E-state index contributed by atoms with van der Waals surface area (Å²) < 4.78 is 7.87. The zero-order valence-electron chi connectivity index (χ0n) is 8.52. The third-order valence-electron chi connectivity index (χ3n) is 2.76. The average molecular weight is 195 g/mol. The van der Waals surface area contributed by atoms with Crippen molar-refractivity contribution in [2.75, 3.05) is 6.54 Å². The quantitative estimate of drug-likeness (QED) is 0.765. The lowest BCUT2D eigenvalue weighted by Crippen LogP contribution is -2.30. The van der Waals surface area contributed by atoms with E-state index in [0.29, 0.717) is 6.54 Å². The molecule has 2 unspecified atom stereocenters. The predicted octanol–water partition coefficient (Wildman–Crippen LogP) is 0.989. The first-order valence-corrected chi connectivity index (χ1v) is 5.14. The van der Waals surface area contributed by atoms with Crippen molar-refractivity contribution in [3.8, 4) is 0 Å². The molecule has 0 aliphatic carbocycles. The van der Waals surface area contributed by atoms with Gasteiger partial charge in [-0.3, -0.25) is 0 Å². The molecule has 1 aliphatic rings. The molecule has 4 nitrogen and oxygen atoms in total. The Balaban J connectivity index is 2.08. The first-order chi connectivity index (χ1) is 6.81. The maximum atomic E-state index is 5.85. The van der Waals surface area contributed by atoms with Crippen LogP contribution in [-0.2, 0) is 11.8 Å². The van der Waals surface area contributed by atoms with Crippen LogP contribution < -0.4 is 5.73 Å². The molecule has 14 heavy (non-hydrogen) atoms. The Kier molecular flexibility index (Phi) is 2.84. The summed E-state index contributed by atoms with van der Waals surface area (Å²) in [6, 6.07) is 0. The number of rotatable bonds is 2. The molecule has 2 atom stereocenters. The molecule has 2 rings (SSSR count). The molecule has 0 aromatic carbocycles. The molecule has 0 amide bonds. The van der Waals surface area contributed by atoms with Crippen LogP contribution in [0.1, 0.15) is 31.2 Å². The Labute approximate surface area is 84.1 Å². The molecular weight excluding hydrogens is 178 g/mol. The van der Waals surface area contributed by atoms with Crippen LogP contribution in [0.2, 0.25) is 0 Å². The Morgan fingerprint density at radius 1 is 1.64 bits per heavy atom. The van der Waals surface area contributed by atoms with E-state index in [2.05, 4.69) is 4.98 Å². The lowest BCUT2D eigenvalue weighted by atomic mass is 10.0. The lowest BCUT2D eigenvalue weighted by molar-refractivity contribution is -0.0515. The maximum absolute atomic E-state index is 5.85. The monoisotopic (exact) mass is 195 g/mol. The zero-order valence-corrected chi connectivity index (χ0v) is 8.52. The van der Waals surface area contributed by atoms with Gasteiger partial charge >= 0.3 is 0 Å². The second-order valence-electron chi connectivity index (χ2n) is 3.81. The highest BCUT2D eigenvalue weighted by Crippen LogP contribution is 2.29. The minimum Gasteiger partial charge on any atom is -0.366 e. The van der Waals surface area contributed by atoms with E-state index in [4.69, 9.17) is 10.5 Å². The van der Waals surface area contributed by atoms with Gasteiger partial charge in [0, 0.05) is 26.0 Å². The van der Waals surface area contributed by atoms with Gasteiger partial charge in [0.1, 0.15) is 11.9 Å². The highest BCUT2D eigenvalue weighted by atomic mass is 16.5. The summed E-state index contributed by atoms with van der Waals surface area (Å²) in [5.74, 6) is 1.02. The van der Waals surface area contributed by atoms with Crippen molar-refractivity contribution < 1.29 is 4.74 Å². The van der Waals surface area contributed by atoms with Gasteiger partial charge in [0.2, 0.25) is 0 Å². The van der Waals surface area contributed by atoms with Crippen LogP contribution in [0, 0.1) is 0 Å². The summed E-state index contributed by atoms with van der Waals surface area (Å²) in [7, 11) is 2.00. The predicted molar refractivity (Wildman–Crippen MR) is 53.7 cm³/mol. The fourth-order valence-corrected chi connectivity index (χ4v) is 1.95. The second kappa shape index (κ2) is 4.11. The number of ether oxygens (including phenoxy) is 1. The van der Waals surface area contributed by atoms with E-state index in [0.717, 1.165) is 18.7 Å². The molecule has 0 spiro atoms. The van der Waals surface area contributed by atoms with E-state index >= 15 is 0 Å². The number of imidazole rings is 1. The third-order valence-corrected chi connectivity index (χ3v) is 2.76. The summed E-state index contributed by atoms with van der Waals surface area (Å²) in [6.45, 7) is 0.612.